The van der Waals surface area contributed by atoms with Crippen LogP contribution in [0.1, 0.15) is 49.9 Å². The highest BCUT2D eigenvalue weighted by Crippen LogP contribution is 2.52. The van der Waals surface area contributed by atoms with Crippen molar-refractivity contribution >= 4 is 11.0 Å². The van der Waals surface area contributed by atoms with Gasteiger partial charge in [-0.3, -0.25) is 0 Å². The first-order valence-electron chi connectivity index (χ1n) is 22.4. The standard InChI is InChI=1S/C62H46N2/c1-61(2)53-29-17-15-27-47(53)49-33-31-41(37-55(49)61)57-58(42-32-34-50-48-28-16-18-30-54(48)62(3,4)56(50)38-42)64-60-52(46-26-14-12-24-44(46)40-21-9-6-10-22-40)36-35-51(59(60)63-57)45-25-13-11-23-43(45)39-19-7-5-8-20-39/h5-38H,1-4H3. The van der Waals surface area contributed by atoms with Crippen LogP contribution in [0.25, 0.3) is 100 Å². The molecule has 0 bridgehead atoms. The van der Waals surface area contributed by atoms with Crippen molar-refractivity contribution in [3.8, 4) is 89.3 Å². The number of fused-ring (bicyclic) bond motifs is 7. The van der Waals surface area contributed by atoms with E-state index >= 15 is 0 Å². The van der Waals surface area contributed by atoms with Crippen LogP contribution in [0.5, 0.6) is 0 Å². The van der Waals surface area contributed by atoms with Gasteiger partial charge in [0.2, 0.25) is 0 Å². The Labute approximate surface area is 375 Å². The van der Waals surface area contributed by atoms with Gasteiger partial charge in [-0.1, -0.05) is 222 Å². The van der Waals surface area contributed by atoms with E-state index in [-0.39, 0.29) is 10.8 Å². The maximum atomic E-state index is 5.95. The Morgan fingerprint density at radius 2 is 0.562 bits per heavy atom. The highest BCUT2D eigenvalue weighted by molar-refractivity contribution is 6.07. The third-order valence-electron chi connectivity index (χ3n) is 14.1. The second-order valence-corrected chi connectivity index (χ2v) is 18.5. The number of nitrogens with zero attached hydrogens (tertiary/aromatic N) is 2. The number of rotatable bonds is 6. The highest BCUT2D eigenvalue weighted by Gasteiger charge is 2.37. The summed E-state index contributed by atoms with van der Waals surface area (Å²) in [6, 6.07) is 75.1. The molecule has 304 valence electrons. The molecule has 12 rings (SSSR count). The van der Waals surface area contributed by atoms with Gasteiger partial charge in [0.1, 0.15) is 0 Å². The van der Waals surface area contributed by atoms with E-state index in [0.717, 1.165) is 78.1 Å². The van der Waals surface area contributed by atoms with Gasteiger partial charge in [-0.15, -0.1) is 0 Å². The molecule has 0 spiro atoms. The fourth-order valence-electron chi connectivity index (χ4n) is 10.9. The largest absolute Gasteiger partial charge is 0.243 e. The predicted molar refractivity (Wildman–Crippen MR) is 267 cm³/mol. The molecule has 0 saturated carbocycles. The molecule has 0 radical (unpaired) electrons. The minimum Gasteiger partial charge on any atom is -0.243 e. The molecule has 2 aliphatic carbocycles. The van der Waals surface area contributed by atoms with Crippen molar-refractivity contribution in [3.05, 3.63) is 229 Å². The van der Waals surface area contributed by atoms with E-state index in [1.807, 2.05) is 0 Å². The number of hydrogen-bond acceptors (Lipinski definition) is 2. The van der Waals surface area contributed by atoms with Gasteiger partial charge >= 0.3 is 0 Å². The zero-order chi connectivity index (χ0) is 43.2. The molecule has 2 heteroatoms. The van der Waals surface area contributed by atoms with Gasteiger partial charge in [-0.2, -0.15) is 0 Å². The first-order chi connectivity index (χ1) is 31.3. The van der Waals surface area contributed by atoms with E-state index in [9.17, 15) is 0 Å². The van der Waals surface area contributed by atoms with Crippen LogP contribution in [0.2, 0.25) is 0 Å². The average Bonchev–Trinajstić information content (AvgIpc) is 3.72. The molecule has 1 heterocycles. The van der Waals surface area contributed by atoms with Crippen LogP contribution in [0.3, 0.4) is 0 Å². The molecule has 0 unspecified atom stereocenters. The third kappa shape index (κ3) is 5.79. The molecule has 2 nitrogen and oxygen atoms in total. The molecule has 0 aliphatic heterocycles. The van der Waals surface area contributed by atoms with E-state index in [1.165, 1.54) is 44.5 Å². The van der Waals surface area contributed by atoms with Crippen molar-refractivity contribution in [1.82, 2.24) is 9.97 Å². The maximum Gasteiger partial charge on any atom is 0.0979 e. The summed E-state index contributed by atoms with van der Waals surface area (Å²) in [5, 5.41) is 0. The Balaban J connectivity index is 1.18. The lowest BCUT2D eigenvalue weighted by Crippen LogP contribution is -2.15. The van der Waals surface area contributed by atoms with Crippen LogP contribution in [-0.4, -0.2) is 9.97 Å². The quantitative estimate of drug-likeness (QED) is 0.167. The van der Waals surface area contributed by atoms with Crippen LogP contribution < -0.4 is 0 Å². The van der Waals surface area contributed by atoms with Gasteiger partial charge in [-0.05, 0) is 90.0 Å². The second-order valence-electron chi connectivity index (χ2n) is 18.5. The summed E-state index contributed by atoms with van der Waals surface area (Å²) in [5.74, 6) is 0. The Kier molecular flexibility index (Phi) is 8.58. The van der Waals surface area contributed by atoms with E-state index in [2.05, 4.69) is 234 Å². The molecule has 64 heavy (non-hydrogen) atoms. The first kappa shape index (κ1) is 38.0. The summed E-state index contributed by atoms with van der Waals surface area (Å²) in [7, 11) is 0. The summed E-state index contributed by atoms with van der Waals surface area (Å²) < 4.78 is 0. The molecule has 0 saturated heterocycles. The van der Waals surface area contributed by atoms with Crippen molar-refractivity contribution in [2.75, 3.05) is 0 Å². The van der Waals surface area contributed by atoms with E-state index in [1.54, 1.807) is 0 Å². The Hall–Kier alpha value is -7.68. The maximum absolute atomic E-state index is 5.95. The lowest BCUT2D eigenvalue weighted by Gasteiger charge is -2.23. The lowest BCUT2D eigenvalue weighted by molar-refractivity contribution is 0.660. The van der Waals surface area contributed by atoms with Gasteiger partial charge in [-0.25, -0.2) is 9.97 Å². The minimum atomic E-state index is -0.177. The molecule has 1 aromatic heterocycles. The Morgan fingerprint density at radius 3 is 0.969 bits per heavy atom. The van der Waals surface area contributed by atoms with Crippen LogP contribution in [0.4, 0.5) is 0 Å². The Morgan fingerprint density at radius 1 is 0.250 bits per heavy atom. The molecule has 0 amide bonds. The Bertz CT molecular complexity index is 3250. The monoisotopic (exact) mass is 818 g/mol. The molecule has 0 N–H and O–H groups in total. The fourth-order valence-corrected chi connectivity index (χ4v) is 10.9. The van der Waals surface area contributed by atoms with Gasteiger partial charge in [0.25, 0.3) is 0 Å². The predicted octanol–water partition coefficient (Wildman–Crippen LogP) is 16.2. The molecular weight excluding hydrogens is 773 g/mol. The topological polar surface area (TPSA) is 25.8 Å². The van der Waals surface area contributed by atoms with Crippen molar-refractivity contribution in [1.29, 1.82) is 0 Å². The van der Waals surface area contributed by atoms with Crippen molar-refractivity contribution in [2.24, 2.45) is 0 Å². The molecule has 0 fully saturated rings. The normalized spacial score (nSPS) is 13.9. The molecule has 10 aromatic rings. The van der Waals surface area contributed by atoms with Crippen LogP contribution in [0, 0.1) is 0 Å². The third-order valence-corrected chi connectivity index (χ3v) is 14.1. The summed E-state index contributed by atoms with van der Waals surface area (Å²) in [6.07, 6.45) is 0. The zero-order valence-electron chi connectivity index (χ0n) is 36.5. The van der Waals surface area contributed by atoms with Gasteiger partial charge < -0.3 is 0 Å². The SMILES string of the molecule is CC1(C)c2ccccc2-c2ccc(-c3nc4c(-c5ccccc5-c5ccccc5)ccc(-c5ccccc5-c5ccccc5)c4nc3-c3ccc4c(c3)C(C)(C)c3ccccc3-4)cc21. The van der Waals surface area contributed by atoms with Gasteiger partial charge in [0.15, 0.2) is 0 Å². The van der Waals surface area contributed by atoms with Crippen LogP contribution >= 0.6 is 0 Å². The summed E-state index contributed by atoms with van der Waals surface area (Å²) in [4.78, 5) is 11.9. The van der Waals surface area contributed by atoms with Crippen LogP contribution in [0.15, 0.2) is 206 Å². The number of benzene rings is 9. The summed E-state index contributed by atoms with van der Waals surface area (Å²) in [6.45, 7) is 9.40. The average molecular weight is 819 g/mol. The summed E-state index contributed by atoms with van der Waals surface area (Å²) >= 11 is 0. The molecule has 9 aromatic carbocycles. The van der Waals surface area contributed by atoms with Gasteiger partial charge in [0.05, 0.1) is 22.4 Å². The van der Waals surface area contributed by atoms with E-state index in [0.29, 0.717) is 0 Å². The smallest absolute Gasteiger partial charge is 0.0979 e. The van der Waals surface area contributed by atoms with E-state index in [4.69, 9.17) is 9.97 Å². The lowest BCUT2D eigenvalue weighted by atomic mass is 9.81. The molecular formula is C62H46N2. The van der Waals surface area contributed by atoms with Crippen LogP contribution in [-0.2, 0) is 10.8 Å². The molecule has 0 atom stereocenters. The van der Waals surface area contributed by atoms with E-state index < -0.39 is 0 Å². The number of aromatic nitrogens is 2. The zero-order valence-corrected chi connectivity index (χ0v) is 36.5. The number of hydrogen-bond donors (Lipinski definition) is 0. The van der Waals surface area contributed by atoms with Crippen molar-refractivity contribution in [2.45, 2.75) is 38.5 Å². The fraction of sp³-hybridized carbons (Fsp3) is 0.0968. The highest BCUT2D eigenvalue weighted by atomic mass is 14.8. The van der Waals surface area contributed by atoms with Crippen molar-refractivity contribution in [3.63, 3.8) is 0 Å². The van der Waals surface area contributed by atoms with Crippen molar-refractivity contribution < 1.29 is 0 Å². The first-order valence-corrected chi connectivity index (χ1v) is 22.4. The minimum absolute atomic E-state index is 0.177. The second kappa shape index (κ2) is 14.4. The summed E-state index contributed by atoms with van der Waals surface area (Å²) in [5.41, 5.74) is 24.8. The van der Waals surface area contributed by atoms with Gasteiger partial charge in [0, 0.05) is 33.1 Å². The molecule has 2 aliphatic rings.